The molecule has 0 saturated carbocycles. The van der Waals surface area contributed by atoms with E-state index in [9.17, 15) is 13.2 Å². The molecule has 0 amide bonds. The topological polar surface area (TPSA) is 81.6 Å². The zero-order valence-corrected chi connectivity index (χ0v) is 18.2. The summed E-state index contributed by atoms with van der Waals surface area (Å²) in [6.07, 6.45) is -2.46. The van der Waals surface area contributed by atoms with Crippen molar-refractivity contribution < 1.29 is 17.9 Å². The van der Waals surface area contributed by atoms with Gasteiger partial charge in [-0.15, -0.1) is 10.2 Å². The van der Waals surface area contributed by atoms with E-state index in [1.54, 1.807) is 23.6 Å². The molecule has 0 unspecified atom stereocenters. The first-order valence-electron chi connectivity index (χ1n) is 10.6. The fraction of sp³-hybridized carbons (Fsp3) is 0.348. The Morgan fingerprint density at radius 2 is 1.97 bits per heavy atom. The number of fused-ring (bicyclic) bond motifs is 2. The van der Waals surface area contributed by atoms with Gasteiger partial charge in [0.05, 0.1) is 7.11 Å². The number of hydrogen-bond donors (Lipinski definition) is 1. The highest BCUT2D eigenvalue weighted by atomic mass is 19.4. The van der Waals surface area contributed by atoms with Crippen LogP contribution >= 0.6 is 0 Å². The highest BCUT2D eigenvalue weighted by Crippen LogP contribution is 2.39. The highest BCUT2D eigenvalue weighted by Gasteiger charge is 2.46. The summed E-state index contributed by atoms with van der Waals surface area (Å²) in [5.74, 6) is 0.972. The van der Waals surface area contributed by atoms with Crippen molar-refractivity contribution in [2.24, 2.45) is 5.73 Å². The van der Waals surface area contributed by atoms with Crippen molar-refractivity contribution in [1.82, 2.24) is 24.5 Å². The van der Waals surface area contributed by atoms with E-state index in [-0.39, 0.29) is 18.2 Å². The second-order valence-corrected chi connectivity index (χ2v) is 8.44. The molecule has 172 valence electrons. The van der Waals surface area contributed by atoms with E-state index in [1.165, 1.54) is 17.2 Å². The molecule has 2 atom stereocenters. The molecular weight excluding hydrogens is 433 g/mol. The minimum Gasteiger partial charge on any atom is -0.494 e. The number of nitrogens with two attached hydrogens (primary N) is 1. The Morgan fingerprint density at radius 1 is 1.15 bits per heavy atom. The van der Waals surface area contributed by atoms with Crippen molar-refractivity contribution in [3.05, 3.63) is 53.7 Å². The van der Waals surface area contributed by atoms with Crippen LogP contribution in [0, 0.1) is 6.92 Å². The minimum absolute atomic E-state index is 0.110. The van der Waals surface area contributed by atoms with Gasteiger partial charge in [0.15, 0.2) is 11.5 Å². The number of hydrogen-bond acceptors (Lipinski definition) is 6. The third kappa shape index (κ3) is 3.89. The number of alkyl halides is 3. The van der Waals surface area contributed by atoms with Crippen molar-refractivity contribution in [1.29, 1.82) is 0 Å². The molecule has 4 aromatic rings. The number of nitrogens with zero attached hydrogens (tertiary/aromatic N) is 5. The number of methoxy groups -OCH3 is 1. The second-order valence-electron chi connectivity index (χ2n) is 8.44. The molecule has 0 spiro atoms. The van der Waals surface area contributed by atoms with Gasteiger partial charge in [0.1, 0.15) is 23.0 Å². The smallest absolute Gasteiger partial charge is 0.408 e. The van der Waals surface area contributed by atoms with Crippen molar-refractivity contribution >= 4 is 16.6 Å². The molecule has 1 aromatic carbocycles. The molecule has 1 fully saturated rings. The van der Waals surface area contributed by atoms with Crippen molar-refractivity contribution in [2.75, 3.05) is 20.2 Å². The van der Waals surface area contributed by atoms with Crippen LogP contribution in [0.2, 0.25) is 0 Å². The van der Waals surface area contributed by atoms with E-state index in [0.29, 0.717) is 41.4 Å². The Hall–Kier alpha value is -3.24. The maximum Gasteiger partial charge on any atom is 0.408 e. The van der Waals surface area contributed by atoms with Crippen LogP contribution in [0.15, 0.2) is 42.6 Å². The summed E-state index contributed by atoms with van der Waals surface area (Å²) in [5, 5.41) is 9.24. The summed E-state index contributed by atoms with van der Waals surface area (Å²) in [7, 11) is 1.57. The summed E-state index contributed by atoms with van der Waals surface area (Å²) in [6.45, 7) is 2.46. The van der Waals surface area contributed by atoms with Crippen LogP contribution in [0.4, 0.5) is 13.2 Å². The molecule has 10 heteroatoms. The SMILES string of the molecule is COc1cc(C)cc2ccc(-c3nnc4ccc([C@@H](N5CC[C@H](N)C5)C(F)(F)F)cn34)nc12. The van der Waals surface area contributed by atoms with Gasteiger partial charge in [-0.3, -0.25) is 9.30 Å². The van der Waals surface area contributed by atoms with Crippen LogP contribution in [0.1, 0.15) is 23.6 Å². The zero-order valence-electron chi connectivity index (χ0n) is 18.2. The number of halogens is 3. The molecule has 1 saturated heterocycles. The number of aryl methyl sites for hydroxylation is 1. The third-order valence-electron chi connectivity index (χ3n) is 6.02. The van der Waals surface area contributed by atoms with E-state index in [4.69, 9.17) is 15.5 Å². The quantitative estimate of drug-likeness (QED) is 0.502. The van der Waals surface area contributed by atoms with Gasteiger partial charge in [0, 0.05) is 30.7 Å². The molecule has 0 aliphatic carbocycles. The lowest BCUT2D eigenvalue weighted by molar-refractivity contribution is -0.183. The van der Waals surface area contributed by atoms with E-state index in [0.717, 1.165) is 10.9 Å². The zero-order chi connectivity index (χ0) is 23.3. The molecule has 1 aliphatic heterocycles. The molecule has 1 aliphatic rings. The average Bonchev–Trinajstić information content (AvgIpc) is 3.38. The Bertz CT molecular complexity index is 1340. The Morgan fingerprint density at radius 3 is 2.67 bits per heavy atom. The van der Waals surface area contributed by atoms with Crippen LogP contribution in [0.25, 0.3) is 28.1 Å². The summed E-state index contributed by atoms with van der Waals surface area (Å²) >= 11 is 0. The van der Waals surface area contributed by atoms with Crippen molar-refractivity contribution in [3.63, 3.8) is 0 Å². The molecule has 3 aromatic heterocycles. The predicted molar refractivity (Wildman–Crippen MR) is 118 cm³/mol. The maximum absolute atomic E-state index is 14.1. The normalized spacial score (nSPS) is 18.3. The molecular formula is C23H23F3N6O. The summed E-state index contributed by atoms with van der Waals surface area (Å²) in [4.78, 5) is 6.08. The first-order valence-corrected chi connectivity index (χ1v) is 10.6. The molecule has 7 nitrogen and oxygen atoms in total. The molecule has 33 heavy (non-hydrogen) atoms. The van der Waals surface area contributed by atoms with Crippen LogP contribution < -0.4 is 10.5 Å². The number of rotatable bonds is 4. The molecule has 5 rings (SSSR count). The summed E-state index contributed by atoms with van der Waals surface area (Å²) in [6, 6.07) is 8.54. The summed E-state index contributed by atoms with van der Waals surface area (Å²) in [5.41, 5.74) is 8.60. The first kappa shape index (κ1) is 21.6. The van der Waals surface area contributed by atoms with Crippen molar-refractivity contribution in [2.45, 2.75) is 31.6 Å². The van der Waals surface area contributed by atoms with Gasteiger partial charge >= 0.3 is 6.18 Å². The Kier molecular flexibility index (Phi) is 5.21. The summed E-state index contributed by atoms with van der Waals surface area (Å²) < 4.78 is 49.3. The fourth-order valence-corrected chi connectivity index (χ4v) is 4.53. The number of ether oxygens (including phenoxy) is 1. The average molecular weight is 456 g/mol. The van der Waals surface area contributed by atoms with Gasteiger partial charge in [-0.05, 0) is 48.7 Å². The molecule has 0 radical (unpaired) electrons. The number of aromatic nitrogens is 4. The van der Waals surface area contributed by atoms with E-state index in [1.807, 2.05) is 25.1 Å². The number of likely N-dealkylation sites (tertiary alicyclic amines) is 1. The van der Waals surface area contributed by atoms with Crippen LogP contribution in [0.5, 0.6) is 5.75 Å². The van der Waals surface area contributed by atoms with Crippen LogP contribution in [-0.4, -0.2) is 56.9 Å². The van der Waals surface area contributed by atoms with Gasteiger partial charge in [0.2, 0.25) is 0 Å². The van der Waals surface area contributed by atoms with E-state index in [2.05, 4.69) is 10.2 Å². The lowest BCUT2D eigenvalue weighted by atomic mass is 10.1. The van der Waals surface area contributed by atoms with Gasteiger partial charge in [0.25, 0.3) is 0 Å². The van der Waals surface area contributed by atoms with E-state index < -0.39 is 12.2 Å². The third-order valence-corrected chi connectivity index (χ3v) is 6.02. The van der Waals surface area contributed by atoms with Gasteiger partial charge in [-0.25, -0.2) is 4.98 Å². The lowest BCUT2D eigenvalue weighted by Gasteiger charge is -2.30. The second kappa shape index (κ2) is 7.96. The lowest BCUT2D eigenvalue weighted by Crippen LogP contribution is -2.38. The maximum atomic E-state index is 14.1. The number of pyridine rings is 2. The monoisotopic (exact) mass is 456 g/mol. The van der Waals surface area contributed by atoms with Crippen LogP contribution in [0.3, 0.4) is 0 Å². The standard InChI is InChI=1S/C23H23F3N6O/c1-13-9-14-3-5-17(28-20(14)18(10-13)33-2)22-30-29-19-6-4-15(11-32(19)22)21(23(24,25)26)31-8-7-16(27)12-31/h3-6,9-11,16,21H,7-8,12,27H2,1-2H3/t16-,21+/m0/s1. The van der Waals surface area contributed by atoms with Crippen LogP contribution in [-0.2, 0) is 0 Å². The largest absolute Gasteiger partial charge is 0.494 e. The highest BCUT2D eigenvalue weighted by molar-refractivity contribution is 5.87. The Balaban J connectivity index is 1.62. The fourth-order valence-electron chi connectivity index (χ4n) is 4.53. The van der Waals surface area contributed by atoms with Gasteiger partial charge < -0.3 is 10.5 Å². The molecule has 2 N–H and O–H groups in total. The van der Waals surface area contributed by atoms with Gasteiger partial charge in [-0.2, -0.15) is 13.2 Å². The Labute approximate surface area is 188 Å². The molecule has 0 bridgehead atoms. The molecule has 4 heterocycles. The predicted octanol–water partition coefficient (Wildman–Crippen LogP) is 3.90. The number of benzene rings is 1. The minimum atomic E-state index is -4.45. The first-order chi connectivity index (χ1) is 15.7. The van der Waals surface area contributed by atoms with E-state index >= 15 is 0 Å². The van der Waals surface area contributed by atoms with Crippen molar-refractivity contribution in [3.8, 4) is 17.3 Å². The van der Waals surface area contributed by atoms with Gasteiger partial charge in [-0.1, -0.05) is 12.1 Å².